The quantitative estimate of drug-likeness (QED) is 0.616. The first-order chi connectivity index (χ1) is 12.6. The minimum atomic E-state index is -0.227. The Morgan fingerprint density at radius 3 is 2.08 bits per heavy atom. The molecule has 0 saturated heterocycles. The van der Waals surface area contributed by atoms with Gasteiger partial charge in [0.2, 0.25) is 0 Å². The molecule has 0 saturated carbocycles. The van der Waals surface area contributed by atoms with Crippen LogP contribution in [-0.2, 0) is 0 Å². The van der Waals surface area contributed by atoms with E-state index < -0.39 is 0 Å². The first kappa shape index (κ1) is 16.3. The van der Waals surface area contributed by atoms with Crippen molar-refractivity contribution in [2.24, 2.45) is 4.99 Å². The molecule has 1 aliphatic rings. The number of benzene rings is 3. The van der Waals surface area contributed by atoms with Gasteiger partial charge in [-0.2, -0.15) is 0 Å². The topological polar surface area (TPSA) is 49.7 Å². The van der Waals surface area contributed by atoms with Crippen molar-refractivity contribution in [3.8, 4) is 0 Å². The molecule has 0 heterocycles. The van der Waals surface area contributed by atoms with E-state index in [4.69, 9.17) is 11.6 Å². The molecule has 0 aromatic heterocycles. The van der Waals surface area contributed by atoms with Crippen molar-refractivity contribution in [3.05, 3.63) is 106 Å². The van der Waals surface area contributed by atoms with E-state index in [1.54, 1.807) is 48.5 Å². The van der Waals surface area contributed by atoms with Crippen molar-refractivity contribution < 1.29 is 9.90 Å². The maximum atomic E-state index is 12.9. The van der Waals surface area contributed by atoms with Crippen LogP contribution in [0.15, 0.2) is 89.4 Å². The lowest BCUT2D eigenvalue weighted by Crippen LogP contribution is -2.12. The second kappa shape index (κ2) is 6.62. The molecule has 0 spiro atoms. The Morgan fingerprint density at radius 1 is 0.808 bits per heavy atom. The van der Waals surface area contributed by atoms with Crippen LogP contribution in [0, 0.1) is 0 Å². The monoisotopic (exact) mass is 359 g/mol. The zero-order valence-corrected chi connectivity index (χ0v) is 14.4. The van der Waals surface area contributed by atoms with Gasteiger partial charge in [-0.25, -0.2) is 4.99 Å². The summed E-state index contributed by atoms with van der Waals surface area (Å²) in [5.74, 6) is -0.267. The summed E-state index contributed by atoms with van der Waals surface area (Å²) in [6.07, 6.45) is 0. The number of hydrogen-bond donors (Lipinski definition) is 1. The van der Waals surface area contributed by atoms with Crippen molar-refractivity contribution >= 4 is 34.5 Å². The molecule has 26 heavy (non-hydrogen) atoms. The first-order valence-electron chi connectivity index (χ1n) is 8.12. The van der Waals surface area contributed by atoms with Gasteiger partial charge in [-0.3, -0.25) is 4.79 Å². The molecule has 3 aromatic rings. The van der Waals surface area contributed by atoms with Gasteiger partial charge in [0.25, 0.3) is 0 Å². The van der Waals surface area contributed by atoms with Crippen LogP contribution in [0.4, 0.5) is 5.69 Å². The van der Waals surface area contributed by atoms with Crippen molar-refractivity contribution in [1.82, 2.24) is 0 Å². The number of hydrogen-bond acceptors (Lipinski definition) is 3. The number of aliphatic imine (C=N–C) groups is 1. The van der Waals surface area contributed by atoms with E-state index in [2.05, 4.69) is 4.99 Å². The van der Waals surface area contributed by atoms with Gasteiger partial charge in [-0.15, -0.1) is 0 Å². The van der Waals surface area contributed by atoms with Crippen molar-refractivity contribution in [3.63, 3.8) is 0 Å². The molecule has 126 valence electrons. The molecular formula is C22H14ClNO2. The van der Waals surface area contributed by atoms with Crippen molar-refractivity contribution in [1.29, 1.82) is 0 Å². The molecular weight excluding hydrogens is 346 g/mol. The van der Waals surface area contributed by atoms with Crippen LogP contribution in [0.2, 0.25) is 5.02 Å². The molecule has 0 atom stereocenters. The van der Waals surface area contributed by atoms with E-state index >= 15 is 0 Å². The summed E-state index contributed by atoms with van der Waals surface area (Å²) in [6, 6.07) is 23.4. The molecule has 1 N–H and O–H groups in total. The minimum absolute atomic E-state index is 0.0397. The molecule has 0 amide bonds. The zero-order valence-electron chi connectivity index (χ0n) is 13.7. The predicted octanol–water partition coefficient (Wildman–Crippen LogP) is 5.63. The minimum Gasteiger partial charge on any atom is -0.506 e. The number of halogens is 1. The van der Waals surface area contributed by atoms with E-state index in [9.17, 15) is 9.90 Å². The number of fused-ring (bicyclic) bond motifs is 1. The molecule has 3 aromatic carbocycles. The number of aliphatic hydroxyl groups excluding tert-OH is 1. The second-order valence-electron chi connectivity index (χ2n) is 5.90. The number of carbonyl (C=O) groups is 1. The van der Waals surface area contributed by atoms with Crippen LogP contribution in [0.5, 0.6) is 0 Å². The number of rotatable bonds is 3. The average Bonchev–Trinajstić information content (AvgIpc) is 2.93. The largest absolute Gasteiger partial charge is 0.506 e. The molecule has 0 unspecified atom stereocenters. The molecule has 3 nitrogen and oxygen atoms in total. The fraction of sp³-hybridized carbons (Fsp3) is 0. The van der Waals surface area contributed by atoms with Gasteiger partial charge >= 0.3 is 0 Å². The fourth-order valence-electron chi connectivity index (χ4n) is 2.99. The third kappa shape index (κ3) is 2.83. The zero-order chi connectivity index (χ0) is 18.1. The molecule has 0 bridgehead atoms. The van der Waals surface area contributed by atoms with Gasteiger partial charge in [-0.05, 0) is 24.3 Å². The van der Waals surface area contributed by atoms with Gasteiger partial charge in [-0.1, -0.05) is 66.2 Å². The lowest BCUT2D eigenvalue weighted by atomic mass is 9.99. The number of ketones is 1. The molecule has 0 radical (unpaired) electrons. The Hall–Kier alpha value is -3.17. The summed E-state index contributed by atoms with van der Waals surface area (Å²) in [5.41, 5.74) is 3.08. The van der Waals surface area contributed by atoms with Gasteiger partial charge in [0.05, 0.1) is 17.0 Å². The number of carbonyl (C=O) groups excluding carboxylic acids is 1. The van der Waals surface area contributed by atoms with E-state index in [0.29, 0.717) is 27.5 Å². The number of aliphatic hydroxyl groups is 1. The Kier molecular flexibility index (Phi) is 4.15. The Bertz CT molecular complexity index is 1050. The van der Waals surface area contributed by atoms with Crippen LogP contribution in [0.3, 0.4) is 0 Å². The van der Waals surface area contributed by atoms with Gasteiger partial charge < -0.3 is 5.11 Å². The normalized spacial score (nSPS) is 13.9. The molecule has 0 fully saturated rings. The summed E-state index contributed by atoms with van der Waals surface area (Å²) in [5, 5.41) is 11.3. The predicted molar refractivity (Wildman–Crippen MR) is 104 cm³/mol. The highest BCUT2D eigenvalue weighted by molar-refractivity contribution is 6.39. The van der Waals surface area contributed by atoms with Crippen LogP contribution in [0.1, 0.15) is 21.5 Å². The van der Waals surface area contributed by atoms with Crippen LogP contribution in [0.25, 0.3) is 5.76 Å². The molecule has 1 aliphatic carbocycles. The second-order valence-corrected chi connectivity index (χ2v) is 6.34. The lowest BCUT2D eigenvalue weighted by molar-refractivity contribution is 0.104. The number of Topliss-reactive ketones (excluding diaryl/α,β-unsaturated/α-hetero) is 1. The average molecular weight is 360 g/mol. The number of nitrogens with zero attached hydrogens (tertiary/aromatic N) is 1. The highest BCUT2D eigenvalue weighted by Crippen LogP contribution is 2.34. The molecule has 0 aliphatic heterocycles. The molecule has 4 heteroatoms. The molecule has 4 rings (SSSR count). The Morgan fingerprint density at radius 2 is 1.42 bits per heavy atom. The van der Waals surface area contributed by atoms with E-state index in [0.717, 1.165) is 5.56 Å². The maximum absolute atomic E-state index is 12.9. The third-order valence-corrected chi connectivity index (χ3v) is 4.49. The summed E-state index contributed by atoms with van der Waals surface area (Å²) in [6.45, 7) is 0. The summed E-state index contributed by atoms with van der Waals surface area (Å²) in [4.78, 5) is 17.6. The van der Waals surface area contributed by atoms with E-state index in [-0.39, 0.29) is 17.1 Å². The van der Waals surface area contributed by atoms with Crippen molar-refractivity contribution in [2.45, 2.75) is 0 Å². The van der Waals surface area contributed by atoms with E-state index in [1.165, 1.54) is 0 Å². The first-order valence-corrected chi connectivity index (χ1v) is 8.50. The summed E-state index contributed by atoms with van der Waals surface area (Å²) in [7, 11) is 0. The summed E-state index contributed by atoms with van der Waals surface area (Å²) >= 11 is 5.95. The Labute approximate surface area is 155 Å². The SMILES string of the molecule is O=C1C(C(=Nc2ccc(Cl)cc2)c2ccccc2)=C(O)c2ccccc21. The van der Waals surface area contributed by atoms with E-state index in [1.807, 2.05) is 30.3 Å². The van der Waals surface area contributed by atoms with Crippen LogP contribution >= 0.6 is 11.6 Å². The highest BCUT2D eigenvalue weighted by atomic mass is 35.5. The number of allylic oxidation sites excluding steroid dienone is 1. The van der Waals surface area contributed by atoms with Crippen LogP contribution < -0.4 is 0 Å². The Balaban J connectivity index is 1.92. The standard InChI is InChI=1S/C22H14ClNO2/c23-15-10-12-16(13-11-15)24-20(14-6-2-1-3-7-14)19-21(25)17-8-4-5-9-18(17)22(19)26/h1-13,25H. The third-order valence-electron chi connectivity index (χ3n) is 4.24. The smallest absolute Gasteiger partial charge is 0.199 e. The van der Waals surface area contributed by atoms with Gasteiger partial charge in [0, 0.05) is 21.7 Å². The van der Waals surface area contributed by atoms with Crippen LogP contribution in [-0.4, -0.2) is 16.6 Å². The highest BCUT2D eigenvalue weighted by Gasteiger charge is 2.33. The lowest BCUT2D eigenvalue weighted by Gasteiger charge is -2.08. The fourth-order valence-corrected chi connectivity index (χ4v) is 3.12. The van der Waals surface area contributed by atoms with Gasteiger partial charge in [0.1, 0.15) is 5.76 Å². The van der Waals surface area contributed by atoms with Gasteiger partial charge in [0.15, 0.2) is 5.78 Å². The van der Waals surface area contributed by atoms with Crippen molar-refractivity contribution in [2.75, 3.05) is 0 Å². The maximum Gasteiger partial charge on any atom is 0.199 e. The summed E-state index contributed by atoms with van der Waals surface area (Å²) < 4.78 is 0.